The van der Waals surface area contributed by atoms with E-state index in [1.165, 1.54) is 14.0 Å². The van der Waals surface area contributed by atoms with Crippen LogP contribution in [0.3, 0.4) is 0 Å². The molecule has 0 saturated heterocycles. The lowest BCUT2D eigenvalue weighted by molar-refractivity contribution is -0.132. The van der Waals surface area contributed by atoms with E-state index in [2.05, 4.69) is 0 Å². The molecule has 0 aromatic heterocycles. The number of carbonyl (C=O) groups excluding carboxylic acids is 2. The maximum Gasteiger partial charge on any atom is 0.161 e. The molecule has 0 N–H and O–H groups in total. The number of ether oxygens (including phenoxy) is 1. The second-order valence-corrected chi connectivity index (χ2v) is 7.94. The van der Waals surface area contributed by atoms with Gasteiger partial charge in [0, 0.05) is 18.6 Å². The Hall–Kier alpha value is -1.69. The Balaban J connectivity index is 2.55. The highest BCUT2D eigenvalue weighted by Gasteiger charge is 2.53. The molecule has 1 aromatic carbocycles. The molecule has 21 heavy (non-hydrogen) atoms. The third-order valence-electron chi connectivity index (χ3n) is 4.30. The van der Waals surface area contributed by atoms with Crippen molar-refractivity contribution < 1.29 is 22.7 Å². The molecule has 1 aromatic rings. The number of Topliss-reactive ketones (excluding diaryl/α,β-unsaturated/α-hetero) is 2. The Kier molecular flexibility index (Phi) is 3.93. The fourth-order valence-electron chi connectivity index (χ4n) is 2.78. The highest BCUT2D eigenvalue weighted by atomic mass is 32.2. The molecule has 1 aliphatic rings. The molecule has 1 aliphatic carbocycles. The summed E-state index contributed by atoms with van der Waals surface area (Å²) in [7, 11) is -2.11. The molecule has 5 nitrogen and oxygen atoms in total. The summed E-state index contributed by atoms with van der Waals surface area (Å²) in [6, 6.07) is 6.81. The van der Waals surface area contributed by atoms with Crippen molar-refractivity contribution in [3.05, 3.63) is 29.8 Å². The van der Waals surface area contributed by atoms with Crippen LogP contribution in [0.1, 0.15) is 31.2 Å². The number of hydrogen-bond donors (Lipinski definition) is 0. The van der Waals surface area contributed by atoms with Crippen LogP contribution in [0.15, 0.2) is 24.3 Å². The van der Waals surface area contributed by atoms with E-state index < -0.39 is 26.3 Å². The number of carbonyl (C=O) groups is 2. The first-order chi connectivity index (χ1) is 9.70. The number of methoxy groups -OCH3 is 1. The van der Waals surface area contributed by atoms with Crippen LogP contribution in [0, 0.1) is 0 Å². The molecule has 114 valence electrons. The summed E-state index contributed by atoms with van der Waals surface area (Å²) in [6.45, 7) is 1.42. The number of benzene rings is 1. The standard InChI is InChI=1S/C15H18O5S/c1-15(21(3,18)19)13(8-11(16)9-14(15)17)10-4-6-12(20-2)7-5-10/h4-7,13H,8-9H2,1-3H3. The highest BCUT2D eigenvalue weighted by molar-refractivity contribution is 7.93. The Morgan fingerprint density at radius 2 is 1.76 bits per heavy atom. The molecular formula is C15H18O5S. The van der Waals surface area contributed by atoms with Gasteiger partial charge in [-0.05, 0) is 24.6 Å². The summed E-state index contributed by atoms with van der Waals surface area (Å²) in [5.74, 6) is -0.774. The lowest BCUT2D eigenvalue weighted by atomic mass is 9.74. The van der Waals surface area contributed by atoms with Crippen molar-refractivity contribution in [2.45, 2.75) is 30.4 Å². The third-order valence-corrected chi connectivity index (χ3v) is 6.35. The highest BCUT2D eigenvalue weighted by Crippen LogP contribution is 2.42. The van der Waals surface area contributed by atoms with Gasteiger partial charge in [0.05, 0.1) is 13.5 Å². The van der Waals surface area contributed by atoms with E-state index in [-0.39, 0.29) is 18.6 Å². The summed E-state index contributed by atoms with van der Waals surface area (Å²) in [5, 5.41) is 0. The minimum atomic E-state index is -3.64. The maximum absolute atomic E-state index is 12.3. The van der Waals surface area contributed by atoms with Crippen molar-refractivity contribution in [3.8, 4) is 5.75 Å². The van der Waals surface area contributed by atoms with Crippen molar-refractivity contribution in [1.29, 1.82) is 0 Å². The largest absolute Gasteiger partial charge is 0.497 e. The first-order valence-electron chi connectivity index (χ1n) is 6.58. The van der Waals surface area contributed by atoms with Crippen molar-refractivity contribution in [1.82, 2.24) is 0 Å². The van der Waals surface area contributed by atoms with Crippen LogP contribution in [0.25, 0.3) is 0 Å². The number of sulfone groups is 1. The van der Waals surface area contributed by atoms with Crippen LogP contribution in [-0.4, -0.2) is 38.1 Å². The van der Waals surface area contributed by atoms with Crippen LogP contribution >= 0.6 is 0 Å². The van der Waals surface area contributed by atoms with Crippen molar-refractivity contribution in [2.75, 3.05) is 13.4 Å². The van der Waals surface area contributed by atoms with Crippen LogP contribution in [0.4, 0.5) is 0 Å². The monoisotopic (exact) mass is 310 g/mol. The predicted molar refractivity (Wildman–Crippen MR) is 78.2 cm³/mol. The molecule has 0 spiro atoms. The van der Waals surface area contributed by atoms with Gasteiger partial charge in [0.25, 0.3) is 0 Å². The minimum Gasteiger partial charge on any atom is -0.497 e. The summed E-state index contributed by atoms with van der Waals surface area (Å²) in [4.78, 5) is 24.0. The Labute approximate surface area is 124 Å². The minimum absolute atomic E-state index is 0.0572. The predicted octanol–water partition coefficient (Wildman–Crippen LogP) is 1.51. The third kappa shape index (κ3) is 2.60. The Morgan fingerprint density at radius 3 is 2.24 bits per heavy atom. The summed E-state index contributed by atoms with van der Waals surface area (Å²) in [6.07, 6.45) is 0.801. The van der Waals surface area contributed by atoms with Crippen LogP contribution in [-0.2, 0) is 19.4 Å². The zero-order chi connectivity index (χ0) is 15.8. The van der Waals surface area contributed by atoms with Crippen LogP contribution in [0.2, 0.25) is 0 Å². The van der Waals surface area contributed by atoms with E-state index in [1.807, 2.05) is 0 Å². The molecule has 0 heterocycles. The van der Waals surface area contributed by atoms with E-state index in [0.717, 1.165) is 6.26 Å². The van der Waals surface area contributed by atoms with Gasteiger partial charge in [-0.25, -0.2) is 8.42 Å². The van der Waals surface area contributed by atoms with Crippen LogP contribution in [0.5, 0.6) is 5.75 Å². The van der Waals surface area contributed by atoms with Crippen LogP contribution < -0.4 is 4.74 Å². The normalized spacial score (nSPS) is 26.7. The molecule has 2 unspecified atom stereocenters. The van der Waals surface area contributed by atoms with Gasteiger partial charge in [0.2, 0.25) is 0 Å². The Bertz CT molecular complexity index is 675. The molecule has 0 bridgehead atoms. The molecular weight excluding hydrogens is 292 g/mol. The van der Waals surface area contributed by atoms with Gasteiger partial charge in [-0.15, -0.1) is 0 Å². The van der Waals surface area contributed by atoms with Gasteiger partial charge >= 0.3 is 0 Å². The summed E-state index contributed by atoms with van der Waals surface area (Å²) in [5.41, 5.74) is 0.658. The van der Waals surface area contributed by atoms with Gasteiger partial charge in [-0.2, -0.15) is 0 Å². The molecule has 1 fully saturated rings. The lowest BCUT2D eigenvalue weighted by Crippen LogP contribution is -2.52. The Morgan fingerprint density at radius 1 is 1.19 bits per heavy atom. The fourth-order valence-corrected chi connectivity index (χ4v) is 4.00. The number of ketones is 2. The van der Waals surface area contributed by atoms with Crippen molar-refractivity contribution in [3.63, 3.8) is 0 Å². The van der Waals surface area contributed by atoms with E-state index in [1.54, 1.807) is 24.3 Å². The molecule has 1 saturated carbocycles. The zero-order valence-electron chi connectivity index (χ0n) is 12.3. The number of rotatable bonds is 3. The van der Waals surface area contributed by atoms with E-state index in [0.29, 0.717) is 11.3 Å². The quantitative estimate of drug-likeness (QED) is 0.791. The van der Waals surface area contributed by atoms with E-state index >= 15 is 0 Å². The average molecular weight is 310 g/mol. The SMILES string of the molecule is COc1ccc(C2CC(=O)CC(=O)C2(C)S(C)(=O)=O)cc1. The van der Waals surface area contributed by atoms with Crippen molar-refractivity contribution in [2.24, 2.45) is 0 Å². The fraction of sp³-hybridized carbons (Fsp3) is 0.467. The van der Waals surface area contributed by atoms with Gasteiger partial charge in [-0.3, -0.25) is 9.59 Å². The average Bonchev–Trinajstić information content (AvgIpc) is 2.41. The molecule has 2 atom stereocenters. The van der Waals surface area contributed by atoms with E-state index in [4.69, 9.17) is 4.74 Å². The second-order valence-electron chi connectivity index (χ2n) is 5.55. The smallest absolute Gasteiger partial charge is 0.161 e. The molecule has 0 radical (unpaired) electrons. The molecule has 2 rings (SSSR count). The topological polar surface area (TPSA) is 77.5 Å². The molecule has 0 aliphatic heterocycles. The van der Waals surface area contributed by atoms with Gasteiger partial charge in [0.15, 0.2) is 15.6 Å². The maximum atomic E-state index is 12.3. The second kappa shape index (κ2) is 5.26. The van der Waals surface area contributed by atoms with Crippen molar-refractivity contribution >= 4 is 21.4 Å². The zero-order valence-corrected chi connectivity index (χ0v) is 13.1. The van der Waals surface area contributed by atoms with Gasteiger partial charge in [0.1, 0.15) is 16.3 Å². The summed E-state index contributed by atoms with van der Waals surface area (Å²) < 4.78 is 27.9. The molecule has 0 amide bonds. The number of hydrogen-bond acceptors (Lipinski definition) is 5. The van der Waals surface area contributed by atoms with E-state index in [9.17, 15) is 18.0 Å². The first-order valence-corrected chi connectivity index (χ1v) is 8.48. The van der Waals surface area contributed by atoms with Gasteiger partial charge < -0.3 is 4.74 Å². The van der Waals surface area contributed by atoms with Gasteiger partial charge in [-0.1, -0.05) is 12.1 Å². The first kappa shape index (κ1) is 15.7. The lowest BCUT2D eigenvalue weighted by Gasteiger charge is -2.38. The molecule has 6 heteroatoms. The summed E-state index contributed by atoms with van der Waals surface area (Å²) >= 11 is 0.